The molecular formula is C34H34Cl3N3O4S. The van der Waals surface area contributed by atoms with E-state index in [-0.39, 0.29) is 29.5 Å². The summed E-state index contributed by atoms with van der Waals surface area (Å²) in [5, 5.41) is 3.84. The van der Waals surface area contributed by atoms with E-state index in [1.54, 1.807) is 55.5 Å². The Labute approximate surface area is 279 Å². The number of carbonyl (C=O) groups is 2. The van der Waals surface area contributed by atoms with Gasteiger partial charge in [-0.1, -0.05) is 102 Å². The molecule has 0 aliphatic carbocycles. The van der Waals surface area contributed by atoms with E-state index in [2.05, 4.69) is 5.32 Å². The number of hydrogen-bond acceptors (Lipinski definition) is 4. The van der Waals surface area contributed by atoms with E-state index in [0.717, 1.165) is 9.87 Å². The van der Waals surface area contributed by atoms with Crippen molar-refractivity contribution < 1.29 is 18.0 Å². The van der Waals surface area contributed by atoms with Gasteiger partial charge in [0.05, 0.1) is 10.6 Å². The Morgan fingerprint density at radius 3 is 2.09 bits per heavy atom. The molecule has 2 amide bonds. The minimum absolute atomic E-state index is 0.000557. The molecule has 0 spiro atoms. The Morgan fingerprint density at radius 1 is 0.844 bits per heavy atom. The van der Waals surface area contributed by atoms with Gasteiger partial charge >= 0.3 is 0 Å². The van der Waals surface area contributed by atoms with Crippen LogP contribution in [0.5, 0.6) is 0 Å². The van der Waals surface area contributed by atoms with Crippen molar-refractivity contribution in [1.29, 1.82) is 0 Å². The van der Waals surface area contributed by atoms with Crippen LogP contribution < -0.4 is 9.62 Å². The first-order chi connectivity index (χ1) is 21.5. The van der Waals surface area contributed by atoms with Gasteiger partial charge in [0.2, 0.25) is 11.8 Å². The van der Waals surface area contributed by atoms with Gasteiger partial charge in [-0.05, 0) is 60.9 Å². The summed E-state index contributed by atoms with van der Waals surface area (Å²) >= 11 is 19.4. The fourth-order valence-corrected chi connectivity index (χ4v) is 7.03. The van der Waals surface area contributed by atoms with E-state index in [9.17, 15) is 18.0 Å². The average molecular weight is 687 g/mol. The molecule has 0 saturated carbocycles. The zero-order valence-electron chi connectivity index (χ0n) is 24.9. The molecular weight excluding hydrogens is 653 g/mol. The lowest BCUT2D eigenvalue weighted by molar-refractivity contribution is -0.140. The molecule has 4 rings (SSSR count). The predicted molar refractivity (Wildman–Crippen MR) is 181 cm³/mol. The second-order valence-corrected chi connectivity index (χ2v) is 13.6. The zero-order chi connectivity index (χ0) is 32.6. The lowest BCUT2D eigenvalue weighted by atomic mass is 10.0. The number of carbonyl (C=O) groups excluding carboxylic acids is 2. The van der Waals surface area contributed by atoms with E-state index in [1.807, 2.05) is 37.3 Å². The number of hydrogen-bond donors (Lipinski definition) is 1. The molecule has 0 radical (unpaired) electrons. The monoisotopic (exact) mass is 685 g/mol. The fraction of sp³-hybridized carbons (Fsp3) is 0.235. The predicted octanol–water partition coefficient (Wildman–Crippen LogP) is 7.32. The molecule has 11 heteroatoms. The molecule has 7 nitrogen and oxygen atoms in total. The molecule has 0 saturated heterocycles. The Morgan fingerprint density at radius 2 is 1.47 bits per heavy atom. The number of amides is 2. The third kappa shape index (κ3) is 8.58. The molecule has 4 aromatic rings. The first kappa shape index (κ1) is 34.3. The lowest BCUT2D eigenvalue weighted by Crippen LogP contribution is -2.53. The van der Waals surface area contributed by atoms with Gasteiger partial charge in [-0.25, -0.2) is 8.42 Å². The van der Waals surface area contributed by atoms with Crippen LogP contribution in [0.25, 0.3) is 0 Å². The number of sulfonamides is 1. The summed E-state index contributed by atoms with van der Waals surface area (Å²) < 4.78 is 29.3. The van der Waals surface area contributed by atoms with Crippen molar-refractivity contribution >= 4 is 62.3 Å². The molecule has 4 aromatic carbocycles. The highest BCUT2D eigenvalue weighted by atomic mass is 35.5. The minimum Gasteiger partial charge on any atom is -0.354 e. The molecule has 0 aliphatic heterocycles. The van der Waals surface area contributed by atoms with Crippen LogP contribution in [0.3, 0.4) is 0 Å². The number of nitrogens with zero attached hydrogens (tertiary/aromatic N) is 2. The Balaban J connectivity index is 1.85. The van der Waals surface area contributed by atoms with Crippen LogP contribution in [-0.2, 0) is 32.6 Å². The molecule has 0 unspecified atom stereocenters. The second kappa shape index (κ2) is 15.6. The number of halogens is 3. The van der Waals surface area contributed by atoms with Crippen molar-refractivity contribution in [3.63, 3.8) is 0 Å². The van der Waals surface area contributed by atoms with E-state index in [0.29, 0.717) is 39.2 Å². The topological polar surface area (TPSA) is 86.8 Å². The minimum atomic E-state index is -4.26. The summed E-state index contributed by atoms with van der Waals surface area (Å²) in [5.74, 6) is -1.01. The summed E-state index contributed by atoms with van der Waals surface area (Å²) in [4.78, 5) is 29.7. The summed E-state index contributed by atoms with van der Waals surface area (Å²) in [7, 11) is -4.26. The Hall–Kier alpha value is -3.56. The highest BCUT2D eigenvalue weighted by Gasteiger charge is 2.35. The number of rotatable bonds is 13. The Kier molecular flexibility index (Phi) is 11.9. The van der Waals surface area contributed by atoms with E-state index in [1.165, 1.54) is 23.1 Å². The molecule has 0 bridgehead atoms. The molecule has 236 valence electrons. The van der Waals surface area contributed by atoms with Gasteiger partial charge in [-0.15, -0.1) is 0 Å². The van der Waals surface area contributed by atoms with Gasteiger partial charge in [-0.2, -0.15) is 0 Å². The first-order valence-corrected chi connectivity index (χ1v) is 17.0. The largest absolute Gasteiger partial charge is 0.354 e. The van der Waals surface area contributed by atoms with Crippen LogP contribution in [0.1, 0.15) is 30.0 Å². The summed E-state index contributed by atoms with van der Waals surface area (Å²) in [6, 6.07) is 26.0. The van der Waals surface area contributed by atoms with E-state index < -0.39 is 28.5 Å². The number of nitrogens with one attached hydrogen (secondary N) is 1. The molecule has 0 heterocycles. The van der Waals surface area contributed by atoms with Gasteiger partial charge in [0.25, 0.3) is 10.0 Å². The van der Waals surface area contributed by atoms with Crippen molar-refractivity contribution in [3.8, 4) is 0 Å². The maximum atomic E-state index is 14.6. The van der Waals surface area contributed by atoms with Crippen LogP contribution >= 0.6 is 34.8 Å². The normalized spacial score (nSPS) is 11.9. The molecule has 45 heavy (non-hydrogen) atoms. The van der Waals surface area contributed by atoms with Gasteiger partial charge in [-0.3, -0.25) is 13.9 Å². The van der Waals surface area contributed by atoms with Crippen LogP contribution in [-0.4, -0.2) is 44.3 Å². The van der Waals surface area contributed by atoms with Crippen LogP contribution in [0.15, 0.2) is 102 Å². The maximum absolute atomic E-state index is 14.6. The maximum Gasteiger partial charge on any atom is 0.264 e. The van der Waals surface area contributed by atoms with Crippen LogP contribution in [0, 0.1) is 6.92 Å². The lowest BCUT2D eigenvalue weighted by Gasteiger charge is -2.34. The summed E-state index contributed by atoms with van der Waals surface area (Å²) in [6.07, 6.45) is 0.858. The van der Waals surface area contributed by atoms with Crippen molar-refractivity contribution in [3.05, 3.63) is 129 Å². The quantitative estimate of drug-likeness (QED) is 0.160. The van der Waals surface area contributed by atoms with E-state index in [4.69, 9.17) is 34.8 Å². The SMILES string of the molecule is CCCNC(=O)[C@@H](Cc1ccccc1)N(Cc1c(Cl)cccc1Cl)C(=O)CN(c1cc(Cl)ccc1C)S(=O)(=O)c1ccccc1. The van der Waals surface area contributed by atoms with Crippen LogP contribution in [0.4, 0.5) is 5.69 Å². The van der Waals surface area contributed by atoms with Gasteiger partial charge in [0.1, 0.15) is 12.6 Å². The molecule has 1 N–H and O–H groups in total. The third-order valence-corrected chi connectivity index (χ3v) is 9.98. The molecule has 0 fully saturated rings. The summed E-state index contributed by atoms with van der Waals surface area (Å²) in [6.45, 7) is 3.31. The van der Waals surface area contributed by atoms with Gasteiger partial charge in [0, 0.05) is 40.1 Å². The summed E-state index contributed by atoms with van der Waals surface area (Å²) in [5.41, 5.74) is 2.09. The zero-order valence-corrected chi connectivity index (χ0v) is 28.0. The first-order valence-electron chi connectivity index (χ1n) is 14.4. The third-order valence-electron chi connectivity index (χ3n) is 7.26. The number of benzene rings is 4. The van der Waals surface area contributed by atoms with E-state index >= 15 is 0 Å². The molecule has 0 aromatic heterocycles. The highest BCUT2D eigenvalue weighted by Crippen LogP contribution is 2.31. The van der Waals surface area contributed by atoms with Gasteiger partial charge in [0.15, 0.2) is 0 Å². The fourth-order valence-electron chi connectivity index (χ4n) is 4.86. The van der Waals surface area contributed by atoms with Gasteiger partial charge < -0.3 is 10.2 Å². The smallest absolute Gasteiger partial charge is 0.264 e. The molecule has 0 aliphatic rings. The van der Waals surface area contributed by atoms with Crippen molar-refractivity contribution in [2.24, 2.45) is 0 Å². The number of aryl methyl sites for hydroxylation is 1. The second-order valence-electron chi connectivity index (χ2n) is 10.5. The Bertz CT molecular complexity index is 1720. The van der Waals surface area contributed by atoms with Crippen molar-refractivity contribution in [2.45, 2.75) is 44.2 Å². The van der Waals surface area contributed by atoms with Crippen molar-refractivity contribution in [1.82, 2.24) is 10.2 Å². The number of anilines is 1. The molecule has 1 atom stereocenters. The van der Waals surface area contributed by atoms with Crippen molar-refractivity contribution in [2.75, 3.05) is 17.4 Å². The highest BCUT2D eigenvalue weighted by molar-refractivity contribution is 7.92. The standard InChI is InChI=1S/C34H34Cl3N3O4S/c1-3-19-38-34(42)32(20-25-11-6-4-7-12-25)39(22-28-29(36)15-10-16-30(28)37)33(41)23-40(31-21-26(35)18-17-24(31)2)45(43,44)27-13-8-5-9-14-27/h4-18,21,32H,3,19-20,22-23H2,1-2H3,(H,38,42)/t32-/m1/s1. The van der Waals surface area contributed by atoms with Crippen LogP contribution in [0.2, 0.25) is 15.1 Å². The average Bonchev–Trinajstić information content (AvgIpc) is 3.03.